The summed E-state index contributed by atoms with van der Waals surface area (Å²) in [5.74, 6) is 1.43. The van der Waals surface area contributed by atoms with E-state index >= 15 is 0 Å². The summed E-state index contributed by atoms with van der Waals surface area (Å²) < 4.78 is 6.89. The highest BCUT2D eigenvalue weighted by atomic mass is 15.1. The van der Waals surface area contributed by atoms with Crippen LogP contribution < -0.4 is 0 Å². The van der Waals surface area contributed by atoms with Crippen molar-refractivity contribution in [2.45, 2.75) is 0 Å². The first-order valence-electron chi connectivity index (χ1n) is 33.1. The number of para-hydroxylation sites is 1. The standard InChI is InChI=1S/C54H32N6.C34H21N5/c1-2-15-41(16-3-1)59-47-25-21-34-11-8-9-17-42(34)50(47)43-23-20-40(32-48(43)59)51-54(58-53-52(57-51)55-26-27-56-53)60-46-24-22-39(38-19-18-33-10-4-5-12-35(33)28-38)30-44(46)45-29-36-13-6-7-14-37(36)31-49(45)60;1-2-9-22(10-3-1)26-14-6-16-29-31(26)27-19-23-11-4-5-12-24(23)20-30(27)39(29)34-32(25-13-7-17-35-21-25)37-28-15-8-18-36-33(28)38-34/h1-32H;1-21H. The molecule has 0 saturated carbocycles. The molecule has 0 fully saturated rings. The van der Waals surface area contributed by atoms with Gasteiger partial charge in [-0.05, 0) is 162 Å². The maximum Gasteiger partial charge on any atom is 0.199 e. The lowest BCUT2D eigenvalue weighted by Gasteiger charge is -2.14. The minimum atomic E-state index is 0.491. The Morgan fingerprint density at radius 1 is 0.242 bits per heavy atom. The fourth-order valence-electron chi connectivity index (χ4n) is 15.0. The third-order valence-corrected chi connectivity index (χ3v) is 19.5. The van der Waals surface area contributed by atoms with Crippen LogP contribution in [0.4, 0.5) is 0 Å². The average molecular weight is 1260 g/mol. The second kappa shape index (κ2) is 22.5. The predicted molar refractivity (Wildman–Crippen MR) is 405 cm³/mol. The summed E-state index contributed by atoms with van der Waals surface area (Å²) in [6.45, 7) is 0. The normalized spacial score (nSPS) is 11.8. The average Bonchev–Trinajstić information content (AvgIpc) is 1.59. The molecule has 0 N–H and O–H groups in total. The van der Waals surface area contributed by atoms with Crippen molar-refractivity contribution >= 4 is 131 Å². The zero-order chi connectivity index (χ0) is 65.1. The lowest BCUT2D eigenvalue weighted by atomic mass is 9.98. The van der Waals surface area contributed by atoms with Crippen LogP contribution in [0.1, 0.15) is 0 Å². The molecule has 0 amide bonds. The van der Waals surface area contributed by atoms with E-state index in [4.69, 9.17) is 19.9 Å². The molecule has 0 bridgehead atoms. The summed E-state index contributed by atoms with van der Waals surface area (Å²) in [4.78, 5) is 39.2. The maximum absolute atomic E-state index is 5.35. The van der Waals surface area contributed by atoms with Gasteiger partial charge < -0.3 is 4.57 Å². The number of hydrogen-bond acceptors (Lipinski definition) is 8. The van der Waals surface area contributed by atoms with Crippen molar-refractivity contribution in [2.24, 2.45) is 0 Å². The fraction of sp³-hybridized carbons (Fsp3) is 0. The Bertz CT molecular complexity index is 6860. The van der Waals surface area contributed by atoms with Crippen molar-refractivity contribution in [2.75, 3.05) is 0 Å². The monoisotopic (exact) mass is 1260 g/mol. The van der Waals surface area contributed by atoms with E-state index in [0.717, 1.165) is 94.4 Å². The molecule has 13 aromatic carbocycles. The minimum Gasteiger partial charge on any atom is -0.309 e. The van der Waals surface area contributed by atoms with E-state index in [1.807, 2.05) is 30.5 Å². The molecule has 8 heterocycles. The molecule has 0 aliphatic carbocycles. The first kappa shape index (κ1) is 55.8. The van der Waals surface area contributed by atoms with Gasteiger partial charge in [0, 0.05) is 80.1 Å². The Kier molecular flexibility index (Phi) is 12.7. The molecule has 21 aromatic rings. The van der Waals surface area contributed by atoms with Crippen LogP contribution in [0.5, 0.6) is 0 Å². The van der Waals surface area contributed by atoms with Crippen molar-refractivity contribution in [3.8, 4) is 62.1 Å². The molecule has 21 rings (SSSR count). The molecule has 0 atom stereocenters. The lowest BCUT2D eigenvalue weighted by Crippen LogP contribution is -2.05. The van der Waals surface area contributed by atoms with E-state index in [2.05, 4.69) is 301 Å². The number of hydrogen-bond donors (Lipinski definition) is 0. The molecule has 0 aliphatic heterocycles. The second-order valence-electron chi connectivity index (χ2n) is 25.1. The number of benzene rings is 13. The summed E-state index contributed by atoms with van der Waals surface area (Å²) in [5.41, 5.74) is 17.9. The largest absolute Gasteiger partial charge is 0.309 e. The van der Waals surface area contributed by atoms with Gasteiger partial charge in [-0.15, -0.1) is 0 Å². The van der Waals surface area contributed by atoms with Crippen LogP contribution in [0.25, 0.3) is 193 Å². The van der Waals surface area contributed by atoms with Crippen LogP contribution in [0.15, 0.2) is 322 Å². The van der Waals surface area contributed by atoms with E-state index in [9.17, 15) is 0 Å². The Labute approximate surface area is 565 Å². The molecule has 460 valence electrons. The van der Waals surface area contributed by atoms with Crippen molar-refractivity contribution < 1.29 is 0 Å². The van der Waals surface area contributed by atoms with E-state index in [1.165, 1.54) is 75.9 Å². The second-order valence-corrected chi connectivity index (χ2v) is 25.1. The highest BCUT2D eigenvalue weighted by molar-refractivity contribution is 6.23. The van der Waals surface area contributed by atoms with Gasteiger partial charge in [0.05, 0.1) is 33.1 Å². The summed E-state index contributed by atoms with van der Waals surface area (Å²) in [7, 11) is 0. The van der Waals surface area contributed by atoms with Crippen LogP contribution in [0.2, 0.25) is 0 Å². The third-order valence-electron chi connectivity index (χ3n) is 19.5. The lowest BCUT2D eigenvalue weighted by molar-refractivity contribution is 1.05. The van der Waals surface area contributed by atoms with Crippen molar-refractivity contribution in [3.05, 3.63) is 322 Å². The third kappa shape index (κ3) is 9.13. The molecule has 0 radical (unpaired) electrons. The van der Waals surface area contributed by atoms with Crippen LogP contribution >= 0.6 is 0 Å². The van der Waals surface area contributed by atoms with E-state index in [1.54, 1.807) is 24.8 Å². The fourth-order valence-corrected chi connectivity index (χ4v) is 15.0. The molecule has 11 heteroatoms. The Balaban J connectivity index is 0.000000147. The maximum atomic E-state index is 5.35. The predicted octanol–water partition coefficient (Wildman–Crippen LogP) is 21.4. The Morgan fingerprint density at radius 3 is 1.56 bits per heavy atom. The number of rotatable bonds is 7. The molecule has 0 aliphatic rings. The number of nitrogens with zero attached hydrogens (tertiary/aromatic N) is 11. The molecular formula is C88H53N11. The SMILES string of the molecule is c1ccc(-c2cccc3c2c2cc4ccccc4cc2n3-c2nc3ncccc3nc2-c2cccnc2)cc1.c1ccc(-n2c3cc(-c4nc5nccnc5nc4-n4c5ccc(-c6ccc7ccccc7c6)cc5c5cc6ccccc6cc54)ccc3c3c4ccccc4ccc32)cc1. The van der Waals surface area contributed by atoms with Gasteiger partial charge >= 0.3 is 0 Å². The van der Waals surface area contributed by atoms with Gasteiger partial charge in [0.1, 0.15) is 16.9 Å². The first-order chi connectivity index (χ1) is 49.1. The van der Waals surface area contributed by atoms with Gasteiger partial charge in [0.15, 0.2) is 28.6 Å². The number of aromatic nitrogens is 11. The molecule has 0 saturated heterocycles. The zero-order valence-corrected chi connectivity index (χ0v) is 53.0. The molecule has 8 aromatic heterocycles. The highest BCUT2D eigenvalue weighted by Crippen LogP contribution is 2.45. The van der Waals surface area contributed by atoms with Crippen LogP contribution in [-0.2, 0) is 0 Å². The van der Waals surface area contributed by atoms with E-state index < -0.39 is 0 Å². The van der Waals surface area contributed by atoms with Crippen LogP contribution in [0.3, 0.4) is 0 Å². The minimum absolute atomic E-state index is 0.491. The number of pyridine rings is 2. The van der Waals surface area contributed by atoms with E-state index in [0.29, 0.717) is 22.8 Å². The van der Waals surface area contributed by atoms with Crippen molar-refractivity contribution in [1.82, 2.24) is 53.6 Å². The van der Waals surface area contributed by atoms with Gasteiger partial charge in [0.25, 0.3) is 0 Å². The van der Waals surface area contributed by atoms with Gasteiger partial charge in [-0.1, -0.05) is 194 Å². The molecular weight excluding hydrogens is 1210 g/mol. The Hall–Kier alpha value is -13.6. The Morgan fingerprint density at radius 2 is 0.788 bits per heavy atom. The topological polar surface area (TPSA) is 118 Å². The first-order valence-corrected chi connectivity index (χ1v) is 33.1. The molecule has 0 unspecified atom stereocenters. The van der Waals surface area contributed by atoms with Gasteiger partial charge in [0.2, 0.25) is 0 Å². The zero-order valence-electron chi connectivity index (χ0n) is 53.0. The van der Waals surface area contributed by atoms with Crippen molar-refractivity contribution in [3.63, 3.8) is 0 Å². The summed E-state index contributed by atoms with van der Waals surface area (Å²) in [5, 5.41) is 16.6. The van der Waals surface area contributed by atoms with Gasteiger partial charge in [-0.2, -0.15) is 0 Å². The highest BCUT2D eigenvalue weighted by Gasteiger charge is 2.26. The summed E-state index contributed by atoms with van der Waals surface area (Å²) in [6.07, 6.45) is 8.75. The smallest absolute Gasteiger partial charge is 0.199 e. The van der Waals surface area contributed by atoms with E-state index in [-0.39, 0.29) is 0 Å². The van der Waals surface area contributed by atoms with Crippen LogP contribution in [0, 0.1) is 0 Å². The quantitative estimate of drug-likeness (QED) is 0.155. The molecule has 99 heavy (non-hydrogen) atoms. The van der Waals surface area contributed by atoms with Gasteiger partial charge in [-0.3, -0.25) is 14.1 Å². The van der Waals surface area contributed by atoms with Crippen LogP contribution in [-0.4, -0.2) is 53.6 Å². The number of fused-ring (bicyclic) bond motifs is 16. The summed E-state index contributed by atoms with van der Waals surface area (Å²) >= 11 is 0. The van der Waals surface area contributed by atoms with Crippen molar-refractivity contribution in [1.29, 1.82) is 0 Å². The molecule has 11 nitrogen and oxygen atoms in total. The van der Waals surface area contributed by atoms with Gasteiger partial charge in [-0.25, -0.2) is 34.9 Å². The molecule has 0 spiro atoms. The summed E-state index contributed by atoms with van der Waals surface area (Å²) in [6, 6.07) is 104.